The molecule has 0 saturated heterocycles. The van der Waals surface area contributed by atoms with Crippen LogP contribution in [-0.2, 0) is 6.54 Å². The lowest BCUT2D eigenvalue weighted by molar-refractivity contribution is 0.858. The normalized spacial score (nSPS) is 14.5. The van der Waals surface area contributed by atoms with E-state index in [9.17, 15) is 0 Å². The second-order valence-corrected chi connectivity index (χ2v) is 11.7. The third-order valence-electron chi connectivity index (χ3n) is 5.62. The molecule has 2 heteroatoms. The molecular formula is C23H21NSi. The number of benzene rings is 3. The molecule has 0 aliphatic carbocycles. The van der Waals surface area contributed by atoms with Gasteiger partial charge in [0.2, 0.25) is 0 Å². The molecule has 2 heterocycles. The van der Waals surface area contributed by atoms with Crippen molar-refractivity contribution in [3.63, 3.8) is 0 Å². The summed E-state index contributed by atoms with van der Waals surface area (Å²) in [6.45, 7) is 5.94. The first-order valence-corrected chi connectivity index (χ1v) is 11.9. The molecule has 0 spiro atoms. The number of para-hydroxylation sites is 1. The Hall–Kier alpha value is -2.58. The predicted molar refractivity (Wildman–Crippen MR) is 110 cm³/mol. The van der Waals surface area contributed by atoms with Gasteiger partial charge in [0.05, 0.1) is 0 Å². The average Bonchev–Trinajstić information content (AvgIpc) is 3.09. The first-order chi connectivity index (χ1) is 12.2. The number of rotatable bonds is 2. The van der Waals surface area contributed by atoms with Crippen molar-refractivity contribution in [2.45, 2.75) is 19.6 Å². The van der Waals surface area contributed by atoms with E-state index in [1.807, 2.05) is 0 Å². The van der Waals surface area contributed by atoms with E-state index in [0.29, 0.717) is 0 Å². The quantitative estimate of drug-likeness (QED) is 0.474. The molecule has 3 aromatic carbocycles. The second-order valence-electron chi connectivity index (χ2n) is 7.48. The predicted octanol–water partition coefficient (Wildman–Crippen LogP) is 4.49. The van der Waals surface area contributed by atoms with Crippen molar-refractivity contribution in [3.8, 4) is 11.1 Å². The molecule has 1 aromatic heterocycles. The van der Waals surface area contributed by atoms with Gasteiger partial charge in [0.15, 0.2) is 0 Å². The van der Waals surface area contributed by atoms with Crippen LogP contribution in [0.1, 0.15) is 5.56 Å². The van der Waals surface area contributed by atoms with Crippen molar-refractivity contribution in [2.75, 3.05) is 0 Å². The largest absolute Gasteiger partial charge is 0.343 e. The summed E-state index contributed by atoms with van der Waals surface area (Å²) in [5.74, 6) is 0. The molecule has 1 aliphatic heterocycles. The van der Waals surface area contributed by atoms with Gasteiger partial charge in [-0.15, -0.1) is 0 Å². The Labute approximate surface area is 149 Å². The maximum atomic E-state index is 2.59. The van der Waals surface area contributed by atoms with Crippen molar-refractivity contribution in [1.29, 1.82) is 0 Å². The van der Waals surface area contributed by atoms with E-state index in [4.69, 9.17) is 0 Å². The highest BCUT2D eigenvalue weighted by atomic mass is 28.3. The molecule has 0 amide bonds. The summed E-state index contributed by atoms with van der Waals surface area (Å²) in [7, 11) is -1.70. The molecule has 0 unspecified atom stereocenters. The van der Waals surface area contributed by atoms with Gasteiger partial charge >= 0.3 is 0 Å². The smallest absolute Gasteiger partial charge is 0.134 e. The minimum absolute atomic E-state index is 0.946. The van der Waals surface area contributed by atoms with E-state index in [1.165, 1.54) is 27.6 Å². The van der Waals surface area contributed by atoms with Crippen LogP contribution in [0.3, 0.4) is 0 Å². The molecule has 0 saturated carbocycles. The Morgan fingerprint density at radius 3 is 2.28 bits per heavy atom. The van der Waals surface area contributed by atoms with Crippen LogP contribution in [0.25, 0.3) is 22.0 Å². The molecule has 25 heavy (non-hydrogen) atoms. The Morgan fingerprint density at radius 1 is 0.760 bits per heavy atom. The molecule has 0 fully saturated rings. The SMILES string of the molecule is C[Si]1(C)c2ccccc2-c2c1n(Cc1ccccc1)c1ccccc21. The first-order valence-electron chi connectivity index (χ1n) is 8.93. The highest BCUT2D eigenvalue weighted by Gasteiger charge is 2.41. The van der Waals surface area contributed by atoms with Crippen LogP contribution >= 0.6 is 0 Å². The fourth-order valence-corrected chi connectivity index (χ4v) is 7.95. The highest BCUT2D eigenvalue weighted by Crippen LogP contribution is 2.36. The number of nitrogens with zero attached hydrogens (tertiary/aromatic N) is 1. The van der Waals surface area contributed by atoms with Crippen LogP contribution in [0.4, 0.5) is 0 Å². The van der Waals surface area contributed by atoms with Crippen molar-refractivity contribution in [3.05, 3.63) is 84.4 Å². The van der Waals surface area contributed by atoms with E-state index < -0.39 is 8.07 Å². The minimum Gasteiger partial charge on any atom is -0.343 e. The maximum Gasteiger partial charge on any atom is 0.134 e. The van der Waals surface area contributed by atoms with Crippen molar-refractivity contribution in [2.24, 2.45) is 0 Å². The highest BCUT2D eigenvalue weighted by molar-refractivity contribution is 7.03. The lowest BCUT2D eigenvalue weighted by atomic mass is 10.1. The van der Waals surface area contributed by atoms with E-state index in [-0.39, 0.29) is 0 Å². The van der Waals surface area contributed by atoms with Gasteiger partial charge in [-0.2, -0.15) is 0 Å². The van der Waals surface area contributed by atoms with Crippen LogP contribution in [0.2, 0.25) is 13.1 Å². The van der Waals surface area contributed by atoms with Crippen molar-refractivity contribution < 1.29 is 0 Å². The lowest BCUT2D eigenvalue weighted by Crippen LogP contribution is -2.52. The van der Waals surface area contributed by atoms with Gasteiger partial charge in [-0.25, -0.2) is 0 Å². The van der Waals surface area contributed by atoms with Gasteiger partial charge < -0.3 is 4.57 Å². The van der Waals surface area contributed by atoms with Gasteiger partial charge in [0, 0.05) is 28.3 Å². The summed E-state index contributed by atoms with van der Waals surface area (Å²) in [5.41, 5.74) is 5.68. The fraction of sp³-hybridized carbons (Fsp3) is 0.130. The van der Waals surface area contributed by atoms with E-state index in [1.54, 1.807) is 10.5 Å². The number of hydrogen-bond donors (Lipinski definition) is 0. The van der Waals surface area contributed by atoms with Gasteiger partial charge in [-0.1, -0.05) is 85.9 Å². The molecule has 1 aliphatic rings. The Bertz CT molecular complexity index is 1090. The molecule has 0 atom stereocenters. The summed E-state index contributed by atoms with van der Waals surface area (Å²) in [6.07, 6.45) is 0. The molecule has 0 bridgehead atoms. The van der Waals surface area contributed by atoms with Gasteiger partial charge in [-0.05, 0) is 22.4 Å². The zero-order chi connectivity index (χ0) is 17.0. The fourth-order valence-electron chi connectivity index (χ4n) is 4.53. The molecule has 4 aromatic rings. The molecule has 122 valence electrons. The van der Waals surface area contributed by atoms with E-state index in [0.717, 1.165) is 6.54 Å². The Balaban J connectivity index is 1.85. The molecule has 0 radical (unpaired) electrons. The minimum atomic E-state index is -1.70. The molecule has 0 N–H and O–H groups in total. The molecular weight excluding hydrogens is 318 g/mol. The van der Waals surface area contributed by atoms with Crippen LogP contribution in [0.5, 0.6) is 0 Å². The number of aromatic nitrogens is 1. The number of fused-ring (bicyclic) bond motifs is 5. The summed E-state index contributed by atoms with van der Waals surface area (Å²) in [5, 5.41) is 4.56. The lowest BCUT2D eigenvalue weighted by Gasteiger charge is -2.22. The van der Waals surface area contributed by atoms with E-state index >= 15 is 0 Å². The standard InChI is InChI=1S/C23H21NSi/c1-25(2)21-15-9-7-13-19(21)22-18-12-6-8-14-20(18)24(23(22)25)16-17-10-4-3-5-11-17/h3-15H,16H2,1-2H3. The van der Waals surface area contributed by atoms with E-state index in [2.05, 4.69) is 96.5 Å². The van der Waals surface area contributed by atoms with Crippen molar-refractivity contribution in [1.82, 2.24) is 4.57 Å². The molecule has 1 nitrogen and oxygen atoms in total. The van der Waals surface area contributed by atoms with Gasteiger partial charge in [0.1, 0.15) is 8.07 Å². The summed E-state index contributed by atoms with van der Waals surface area (Å²) in [4.78, 5) is 0. The van der Waals surface area contributed by atoms with Crippen LogP contribution in [0.15, 0.2) is 78.9 Å². The zero-order valence-corrected chi connectivity index (χ0v) is 15.7. The number of hydrogen-bond acceptors (Lipinski definition) is 0. The third kappa shape index (κ3) is 2.01. The Morgan fingerprint density at radius 2 is 1.44 bits per heavy atom. The second kappa shape index (κ2) is 5.20. The first kappa shape index (κ1) is 14.7. The van der Waals surface area contributed by atoms with Crippen LogP contribution in [-0.4, -0.2) is 12.6 Å². The Kier molecular flexibility index (Phi) is 3.07. The summed E-state index contributed by atoms with van der Waals surface area (Å²) >= 11 is 0. The third-order valence-corrected chi connectivity index (χ3v) is 9.10. The van der Waals surface area contributed by atoms with Crippen LogP contribution < -0.4 is 10.5 Å². The van der Waals surface area contributed by atoms with Gasteiger partial charge in [-0.3, -0.25) is 0 Å². The topological polar surface area (TPSA) is 4.93 Å². The summed E-state index contributed by atoms with van der Waals surface area (Å²) < 4.78 is 2.59. The monoisotopic (exact) mass is 339 g/mol. The summed E-state index contributed by atoms with van der Waals surface area (Å²) in [6, 6.07) is 28.8. The maximum absolute atomic E-state index is 2.59. The zero-order valence-electron chi connectivity index (χ0n) is 14.7. The van der Waals surface area contributed by atoms with Crippen molar-refractivity contribution >= 4 is 29.5 Å². The average molecular weight is 340 g/mol. The molecule has 5 rings (SSSR count). The van der Waals surface area contributed by atoms with Gasteiger partial charge in [0.25, 0.3) is 0 Å². The van der Waals surface area contributed by atoms with Crippen LogP contribution in [0, 0.1) is 0 Å².